The molecule has 0 fully saturated rings. The smallest absolute Gasteiger partial charge is 0.407 e. The number of nitrogens with one attached hydrogen (secondary N) is 2. The van der Waals surface area contributed by atoms with Crippen molar-refractivity contribution >= 4 is 12.0 Å². The summed E-state index contributed by atoms with van der Waals surface area (Å²) in [5.41, 5.74) is 4.36. The monoisotopic (exact) mass is 261 g/mol. The highest BCUT2D eigenvalue weighted by Crippen LogP contribution is 2.06. The summed E-state index contributed by atoms with van der Waals surface area (Å²) in [6.45, 7) is 7.49. The summed E-state index contributed by atoms with van der Waals surface area (Å²) in [5.74, 6) is -0.783. The maximum atomic E-state index is 11.3. The number of amides is 2. The zero-order valence-electron chi connectivity index (χ0n) is 11.3. The number of hydrogen-bond donors (Lipinski definition) is 4. The van der Waals surface area contributed by atoms with Gasteiger partial charge in [0.05, 0.1) is 0 Å². The van der Waals surface area contributed by atoms with Gasteiger partial charge in [0.15, 0.2) is 0 Å². The van der Waals surface area contributed by atoms with E-state index >= 15 is 0 Å². The van der Waals surface area contributed by atoms with Crippen LogP contribution >= 0.6 is 0 Å². The first kappa shape index (κ1) is 16.7. The highest BCUT2D eigenvalue weighted by Gasteiger charge is 2.17. The fourth-order valence-electron chi connectivity index (χ4n) is 1.04. The third-order valence-corrected chi connectivity index (χ3v) is 1.94. The number of ether oxygens (including phenoxy) is 1. The molecule has 5 N–H and O–H groups in total. The van der Waals surface area contributed by atoms with Gasteiger partial charge >= 0.3 is 6.09 Å². The first-order chi connectivity index (χ1) is 8.11. The molecule has 0 heterocycles. The fraction of sp³-hybridized carbons (Fsp3) is 0.818. The Morgan fingerprint density at radius 3 is 2.33 bits per heavy atom. The van der Waals surface area contributed by atoms with Gasteiger partial charge in [-0.1, -0.05) is 0 Å². The lowest BCUT2D eigenvalue weighted by Crippen LogP contribution is -2.45. The second-order valence-corrected chi connectivity index (χ2v) is 5.11. The number of carbonyl (C=O) groups is 2. The van der Waals surface area contributed by atoms with Crippen LogP contribution in [-0.4, -0.2) is 47.9 Å². The second kappa shape index (κ2) is 7.17. The van der Waals surface area contributed by atoms with Crippen LogP contribution in [0.5, 0.6) is 0 Å². The highest BCUT2D eigenvalue weighted by molar-refractivity contribution is 5.78. The molecule has 2 amide bonds. The molecule has 0 aliphatic rings. The summed E-state index contributed by atoms with van der Waals surface area (Å²) in [6, 6.07) is -0.119. The molecule has 0 radical (unpaired) electrons. The predicted molar refractivity (Wildman–Crippen MR) is 66.9 cm³/mol. The Kier molecular flexibility index (Phi) is 6.64. The molecule has 7 nitrogen and oxygen atoms in total. The van der Waals surface area contributed by atoms with Crippen molar-refractivity contribution in [2.45, 2.75) is 45.4 Å². The van der Waals surface area contributed by atoms with Crippen LogP contribution in [0.25, 0.3) is 0 Å². The lowest BCUT2D eigenvalue weighted by molar-refractivity contribution is -0.125. The Labute approximate surface area is 107 Å². The van der Waals surface area contributed by atoms with Crippen LogP contribution in [0, 0.1) is 0 Å². The van der Waals surface area contributed by atoms with Gasteiger partial charge in [0, 0.05) is 19.1 Å². The quantitative estimate of drug-likeness (QED) is 0.506. The summed E-state index contributed by atoms with van der Waals surface area (Å²) in [7, 11) is 0. The van der Waals surface area contributed by atoms with Gasteiger partial charge in [-0.2, -0.15) is 0 Å². The Morgan fingerprint density at radius 1 is 1.33 bits per heavy atom. The van der Waals surface area contributed by atoms with Crippen LogP contribution in [0.2, 0.25) is 0 Å². The third-order valence-electron chi connectivity index (χ3n) is 1.94. The zero-order chi connectivity index (χ0) is 14.3. The van der Waals surface area contributed by atoms with Gasteiger partial charge in [-0.15, -0.1) is 0 Å². The van der Waals surface area contributed by atoms with Gasteiger partial charge in [0.25, 0.3) is 0 Å². The summed E-state index contributed by atoms with van der Waals surface area (Å²) >= 11 is 0. The molecule has 0 saturated carbocycles. The summed E-state index contributed by atoms with van der Waals surface area (Å²) in [5, 5.41) is 14.6. The van der Waals surface area contributed by atoms with Gasteiger partial charge in [0.1, 0.15) is 11.7 Å². The van der Waals surface area contributed by atoms with Crippen molar-refractivity contribution in [1.29, 1.82) is 0 Å². The third kappa shape index (κ3) is 8.77. The summed E-state index contributed by atoms with van der Waals surface area (Å²) < 4.78 is 5.05. The lowest BCUT2D eigenvalue weighted by Gasteiger charge is -2.21. The van der Waals surface area contributed by atoms with Gasteiger partial charge in [0.2, 0.25) is 5.91 Å². The maximum absolute atomic E-state index is 11.3. The number of carbonyl (C=O) groups excluding carboxylic acids is 2. The molecule has 2 unspecified atom stereocenters. The minimum Gasteiger partial charge on any atom is -0.444 e. The van der Waals surface area contributed by atoms with Gasteiger partial charge in [-0.05, 0) is 27.7 Å². The van der Waals surface area contributed by atoms with E-state index in [0.717, 1.165) is 0 Å². The van der Waals surface area contributed by atoms with E-state index in [0.29, 0.717) is 6.54 Å². The second-order valence-electron chi connectivity index (χ2n) is 5.11. The molecule has 18 heavy (non-hydrogen) atoms. The van der Waals surface area contributed by atoms with E-state index in [-0.39, 0.29) is 12.6 Å². The largest absolute Gasteiger partial charge is 0.444 e. The molecule has 0 aromatic carbocycles. The summed E-state index contributed by atoms with van der Waals surface area (Å²) in [6.07, 6.45) is -1.74. The Hall–Kier alpha value is -1.34. The van der Waals surface area contributed by atoms with Crippen LogP contribution < -0.4 is 16.4 Å². The molecule has 106 valence electrons. The number of hydrogen-bond acceptors (Lipinski definition) is 5. The van der Waals surface area contributed by atoms with E-state index in [9.17, 15) is 9.59 Å². The normalized spacial score (nSPS) is 14.7. The van der Waals surface area contributed by atoms with Crippen LogP contribution in [0.1, 0.15) is 27.7 Å². The predicted octanol–water partition coefficient (Wildman–Crippen LogP) is -0.665. The molecule has 7 heteroatoms. The molecule has 0 aromatic heterocycles. The van der Waals surface area contributed by atoms with Crippen LogP contribution in [0.4, 0.5) is 4.79 Å². The Morgan fingerprint density at radius 2 is 1.89 bits per heavy atom. The van der Waals surface area contributed by atoms with Crippen molar-refractivity contribution in [2.24, 2.45) is 5.73 Å². The Balaban J connectivity index is 3.80. The number of alkyl carbamates (subject to hydrolysis) is 1. The van der Waals surface area contributed by atoms with E-state index in [4.69, 9.17) is 15.6 Å². The van der Waals surface area contributed by atoms with Crippen molar-refractivity contribution in [3.63, 3.8) is 0 Å². The summed E-state index contributed by atoms with van der Waals surface area (Å²) in [4.78, 5) is 21.9. The van der Waals surface area contributed by atoms with Crippen LogP contribution in [0.3, 0.4) is 0 Å². The topological polar surface area (TPSA) is 114 Å². The molecule has 0 saturated heterocycles. The minimum atomic E-state index is -1.23. The van der Waals surface area contributed by atoms with Crippen molar-refractivity contribution in [3.8, 4) is 0 Å². The highest BCUT2D eigenvalue weighted by atomic mass is 16.6. The first-order valence-electron chi connectivity index (χ1n) is 5.79. The Bertz CT molecular complexity index is 289. The number of aliphatic hydroxyl groups excluding tert-OH is 1. The van der Waals surface area contributed by atoms with E-state index in [1.807, 2.05) is 0 Å². The van der Waals surface area contributed by atoms with Gasteiger partial charge < -0.3 is 26.2 Å². The fourth-order valence-corrected chi connectivity index (χ4v) is 1.04. The van der Waals surface area contributed by atoms with Crippen molar-refractivity contribution in [1.82, 2.24) is 10.6 Å². The molecule has 0 rings (SSSR count). The standard InChI is InChI=1S/C11H23N3O4/c1-7(13-6-8(15)9(12)16)5-14-10(17)18-11(2,3)4/h7-8,13,15H,5-6H2,1-4H3,(H2,12,16)(H,14,17). The minimum absolute atomic E-state index is 0.0481. The number of aliphatic hydroxyl groups is 1. The average Bonchev–Trinajstić information content (AvgIpc) is 2.20. The SMILES string of the molecule is CC(CNC(=O)OC(C)(C)C)NCC(O)C(N)=O. The van der Waals surface area contributed by atoms with Gasteiger partial charge in [-0.3, -0.25) is 4.79 Å². The van der Waals surface area contributed by atoms with E-state index < -0.39 is 23.7 Å². The molecule has 0 bridgehead atoms. The zero-order valence-corrected chi connectivity index (χ0v) is 11.3. The number of rotatable bonds is 6. The molecular formula is C11H23N3O4. The van der Waals surface area contributed by atoms with Crippen LogP contribution in [0.15, 0.2) is 0 Å². The van der Waals surface area contributed by atoms with Crippen molar-refractivity contribution in [3.05, 3.63) is 0 Å². The van der Waals surface area contributed by atoms with E-state index in [1.165, 1.54) is 0 Å². The molecule has 2 atom stereocenters. The van der Waals surface area contributed by atoms with Crippen molar-refractivity contribution < 1.29 is 19.4 Å². The maximum Gasteiger partial charge on any atom is 0.407 e. The van der Waals surface area contributed by atoms with E-state index in [1.54, 1.807) is 27.7 Å². The first-order valence-corrected chi connectivity index (χ1v) is 5.79. The van der Waals surface area contributed by atoms with Crippen molar-refractivity contribution in [2.75, 3.05) is 13.1 Å². The number of nitrogens with two attached hydrogens (primary N) is 1. The molecule has 0 aromatic rings. The molecule has 0 spiro atoms. The van der Waals surface area contributed by atoms with Gasteiger partial charge in [-0.25, -0.2) is 4.79 Å². The molecule has 0 aliphatic carbocycles. The molecule has 0 aliphatic heterocycles. The van der Waals surface area contributed by atoms with Crippen LogP contribution in [-0.2, 0) is 9.53 Å². The lowest BCUT2D eigenvalue weighted by atomic mass is 10.2. The van der Waals surface area contributed by atoms with E-state index in [2.05, 4.69) is 10.6 Å². The molecular weight excluding hydrogens is 238 g/mol. The average molecular weight is 261 g/mol. The number of primary amides is 1.